The van der Waals surface area contributed by atoms with Crippen molar-refractivity contribution < 1.29 is 0 Å². The van der Waals surface area contributed by atoms with Crippen LogP contribution in [0.2, 0.25) is 0 Å². The van der Waals surface area contributed by atoms with Crippen LogP contribution in [0, 0.1) is 11.8 Å². The molecular weight excluding hydrogens is 174 g/mol. The van der Waals surface area contributed by atoms with Crippen LogP contribution in [-0.2, 0) is 0 Å². The molecule has 14 heavy (non-hydrogen) atoms. The van der Waals surface area contributed by atoms with Crippen molar-refractivity contribution in [2.75, 3.05) is 0 Å². The van der Waals surface area contributed by atoms with Crippen LogP contribution in [0.5, 0.6) is 0 Å². The molecule has 0 aromatic carbocycles. The van der Waals surface area contributed by atoms with Crippen LogP contribution in [0.15, 0.2) is 40.4 Å². The van der Waals surface area contributed by atoms with Gasteiger partial charge in [0, 0.05) is 17.8 Å². The highest BCUT2D eigenvalue weighted by molar-refractivity contribution is 5.68. The van der Waals surface area contributed by atoms with E-state index >= 15 is 0 Å². The van der Waals surface area contributed by atoms with Gasteiger partial charge in [-0.25, -0.2) is 0 Å². The summed E-state index contributed by atoms with van der Waals surface area (Å²) in [6.07, 6.45) is 3.80. The summed E-state index contributed by atoms with van der Waals surface area (Å²) in [5.41, 5.74) is 8.69. The lowest BCUT2D eigenvalue weighted by Gasteiger charge is -2.30. The molecule has 0 amide bonds. The summed E-state index contributed by atoms with van der Waals surface area (Å²) in [6.45, 7) is 8.26. The molecule has 0 aromatic rings. The first kappa shape index (κ1) is 9.06. The molecule has 0 radical (unpaired) electrons. The van der Waals surface area contributed by atoms with Gasteiger partial charge in [0.05, 0.1) is 5.70 Å². The first-order valence-corrected chi connectivity index (χ1v) is 4.81. The molecule has 74 valence electrons. The minimum atomic E-state index is 0.423. The van der Waals surface area contributed by atoms with Crippen LogP contribution in [0.25, 0.3) is 0 Å². The van der Waals surface area contributed by atoms with E-state index in [9.17, 15) is 0 Å². The minimum absolute atomic E-state index is 0.423. The Morgan fingerprint density at radius 3 is 2.93 bits per heavy atom. The smallest absolute Gasteiger partial charge is 0.101 e. The predicted octanol–water partition coefficient (Wildman–Crippen LogP) is 1.51. The third-order valence-electron chi connectivity index (χ3n) is 2.85. The zero-order chi connectivity index (χ0) is 10.3. The standard InChI is InChI=1S/C11H15N3/c1-6-4-9(12)14-11-8(3)7(2)5-13-10(6)11/h4-5,7-8,14H,1,12H2,2-3H3. The molecule has 2 aliphatic rings. The van der Waals surface area contributed by atoms with Crippen molar-refractivity contribution in [2.24, 2.45) is 22.6 Å². The molecule has 0 saturated carbocycles. The number of nitrogens with zero attached hydrogens (tertiary/aromatic N) is 1. The van der Waals surface area contributed by atoms with Crippen molar-refractivity contribution in [3.8, 4) is 0 Å². The molecule has 0 bridgehead atoms. The number of aliphatic imine (C=N–C) groups is 1. The van der Waals surface area contributed by atoms with Crippen LogP contribution in [0.1, 0.15) is 13.8 Å². The summed E-state index contributed by atoms with van der Waals surface area (Å²) in [4.78, 5) is 4.39. The van der Waals surface area contributed by atoms with Crippen LogP contribution < -0.4 is 11.1 Å². The van der Waals surface area contributed by atoms with Gasteiger partial charge in [-0.15, -0.1) is 0 Å². The van der Waals surface area contributed by atoms with Gasteiger partial charge in [-0.2, -0.15) is 0 Å². The van der Waals surface area contributed by atoms with E-state index in [2.05, 4.69) is 30.7 Å². The van der Waals surface area contributed by atoms with Gasteiger partial charge in [0.1, 0.15) is 5.82 Å². The number of dihydropyridines is 1. The Labute approximate surface area is 84.1 Å². The quantitative estimate of drug-likeness (QED) is 0.607. The maximum absolute atomic E-state index is 5.74. The van der Waals surface area contributed by atoms with Gasteiger partial charge in [-0.05, 0) is 17.6 Å². The largest absolute Gasteiger partial charge is 0.385 e. The Hall–Kier alpha value is -1.51. The van der Waals surface area contributed by atoms with Gasteiger partial charge in [-0.3, -0.25) is 4.99 Å². The molecular formula is C11H15N3. The highest BCUT2D eigenvalue weighted by atomic mass is 15.0. The van der Waals surface area contributed by atoms with Crippen LogP contribution >= 0.6 is 0 Å². The number of hydrogen-bond acceptors (Lipinski definition) is 3. The van der Waals surface area contributed by atoms with Crippen molar-refractivity contribution in [2.45, 2.75) is 13.8 Å². The van der Waals surface area contributed by atoms with E-state index in [0.717, 1.165) is 17.0 Å². The number of rotatable bonds is 0. The number of hydrogen-bond donors (Lipinski definition) is 2. The van der Waals surface area contributed by atoms with Gasteiger partial charge >= 0.3 is 0 Å². The maximum Gasteiger partial charge on any atom is 0.101 e. The van der Waals surface area contributed by atoms with E-state index in [1.54, 1.807) is 0 Å². The highest BCUT2D eigenvalue weighted by Crippen LogP contribution is 2.31. The molecule has 2 unspecified atom stereocenters. The normalized spacial score (nSPS) is 31.0. The molecule has 3 N–H and O–H groups in total. The fourth-order valence-electron chi connectivity index (χ4n) is 1.75. The summed E-state index contributed by atoms with van der Waals surface area (Å²) in [7, 11) is 0. The molecule has 0 spiro atoms. The van der Waals surface area contributed by atoms with Gasteiger partial charge < -0.3 is 11.1 Å². The summed E-state index contributed by atoms with van der Waals surface area (Å²) in [5, 5.41) is 3.17. The number of allylic oxidation sites excluding steroid dienone is 2. The van der Waals surface area contributed by atoms with Crippen molar-refractivity contribution in [3.63, 3.8) is 0 Å². The molecule has 0 aromatic heterocycles. The Kier molecular flexibility index (Phi) is 1.95. The van der Waals surface area contributed by atoms with Crippen LogP contribution in [0.3, 0.4) is 0 Å². The summed E-state index contributed by atoms with van der Waals surface area (Å²) in [5.74, 6) is 1.52. The van der Waals surface area contributed by atoms with E-state index < -0.39 is 0 Å². The third-order valence-corrected chi connectivity index (χ3v) is 2.85. The molecule has 0 fully saturated rings. The monoisotopic (exact) mass is 189 g/mol. The summed E-state index contributed by atoms with van der Waals surface area (Å²) < 4.78 is 0. The van der Waals surface area contributed by atoms with E-state index in [-0.39, 0.29) is 0 Å². The van der Waals surface area contributed by atoms with Gasteiger partial charge in [0.2, 0.25) is 0 Å². The Balaban J connectivity index is 2.42. The Morgan fingerprint density at radius 1 is 1.50 bits per heavy atom. The summed E-state index contributed by atoms with van der Waals surface area (Å²) in [6, 6.07) is 0. The second-order valence-electron chi connectivity index (χ2n) is 3.94. The first-order chi connectivity index (χ1) is 6.59. The molecule has 3 nitrogen and oxygen atoms in total. The molecule has 0 saturated heterocycles. The van der Waals surface area contributed by atoms with E-state index in [0.29, 0.717) is 17.7 Å². The minimum Gasteiger partial charge on any atom is -0.385 e. The average Bonchev–Trinajstić information content (AvgIpc) is 2.12. The molecule has 2 atom stereocenters. The first-order valence-electron chi connectivity index (χ1n) is 4.81. The fraction of sp³-hybridized carbons (Fsp3) is 0.364. The van der Waals surface area contributed by atoms with E-state index in [1.807, 2.05) is 12.3 Å². The van der Waals surface area contributed by atoms with Crippen molar-refractivity contribution in [1.29, 1.82) is 0 Å². The molecule has 0 aliphatic carbocycles. The average molecular weight is 189 g/mol. The third kappa shape index (κ3) is 1.25. The topological polar surface area (TPSA) is 50.4 Å². The molecule has 3 heteroatoms. The van der Waals surface area contributed by atoms with Crippen LogP contribution in [-0.4, -0.2) is 6.21 Å². The molecule has 2 aliphatic heterocycles. The van der Waals surface area contributed by atoms with Gasteiger partial charge in [-0.1, -0.05) is 20.4 Å². The SMILES string of the molecule is C=C1C=C(N)NC2=C1N=CC(C)C2C. The summed E-state index contributed by atoms with van der Waals surface area (Å²) >= 11 is 0. The lowest BCUT2D eigenvalue weighted by molar-refractivity contribution is 0.519. The van der Waals surface area contributed by atoms with E-state index in [4.69, 9.17) is 5.73 Å². The fourth-order valence-corrected chi connectivity index (χ4v) is 1.75. The number of nitrogens with two attached hydrogens (primary N) is 1. The number of nitrogens with one attached hydrogen (secondary N) is 1. The Bertz CT molecular complexity index is 374. The zero-order valence-corrected chi connectivity index (χ0v) is 8.54. The van der Waals surface area contributed by atoms with Gasteiger partial charge in [0.15, 0.2) is 0 Å². The van der Waals surface area contributed by atoms with Crippen molar-refractivity contribution >= 4 is 6.21 Å². The predicted molar refractivity (Wildman–Crippen MR) is 58.4 cm³/mol. The molecule has 2 heterocycles. The highest BCUT2D eigenvalue weighted by Gasteiger charge is 2.26. The second-order valence-corrected chi connectivity index (χ2v) is 3.94. The lowest BCUT2D eigenvalue weighted by Crippen LogP contribution is -2.32. The van der Waals surface area contributed by atoms with E-state index in [1.165, 1.54) is 0 Å². The van der Waals surface area contributed by atoms with Crippen molar-refractivity contribution in [1.82, 2.24) is 5.32 Å². The lowest BCUT2D eigenvalue weighted by atomic mass is 9.88. The Morgan fingerprint density at radius 2 is 2.21 bits per heavy atom. The maximum atomic E-state index is 5.74. The van der Waals surface area contributed by atoms with Crippen molar-refractivity contribution in [3.05, 3.63) is 35.4 Å². The van der Waals surface area contributed by atoms with Gasteiger partial charge in [0.25, 0.3) is 0 Å². The molecule has 2 rings (SSSR count). The second kappa shape index (κ2) is 3.01. The zero-order valence-electron chi connectivity index (χ0n) is 8.54. The van der Waals surface area contributed by atoms with Crippen LogP contribution in [0.4, 0.5) is 0 Å².